The molecule has 0 saturated heterocycles. The maximum atomic E-state index is 4.65. The van der Waals surface area contributed by atoms with Crippen LogP contribution in [0.3, 0.4) is 0 Å². The monoisotopic (exact) mass is 282 g/mol. The van der Waals surface area contributed by atoms with Crippen LogP contribution in [0.4, 0.5) is 0 Å². The van der Waals surface area contributed by atoms with Gasteiger partial charge in [-0.1, -0.05) is 52.4 Å². The van der Waals surface area contributed by atoms with Crippen LogP contribution in [0, 0.1) is 6.92 Å². The highest BCUT2D eigenvalue weighted by molar-refractivity contribution is 7.09. The van der Waals surface area contributed by atoms with Crippen molar-refractivity contribution in [3.8, 4) is 0 Å². The molecular formula is C16H30N2S. The molecule has 0 amide bonds. The normalized spacial score (nSPS) is 12.8. The van der Waals surface area contributed by atoms with E-state index in [1.54, 1.807) is 11.3 Å². The van der Waals surface area contributed by atoms with Crippen molar-refractivity contribution in [1.29, 1.82) is 0 Å². The minimum absolute atomic E-state index is 0.469. The smallest absolute Gasteiger partial charge is 0.0898 e. The van der Waals surface area contributed by atoms with Gasteiger partial charge in [-0.3, -0.25) is 0 Å². The molecule has 1 heterocycles. The molecule has 0 aliphatic rings. The molecule has 1 aromatic rings. The highest BCUT2D eigenvalue weighted by Gasteiger charge is 2.13. The molecule has 110 valence electrons. The van der Waals surface area contributed by atoms with Crippen LogP contribution in [-0.4, -0.2) is 11.5 Å². The third-order valence-electron chi connectivity index (χ3n) is 3.48. The van der Waals surface area contributed by atoms with Crippen molar-refractivity contribution >= 4 is 11.3 Å². The zero-order valence-corrected chi connectivity index (χ0v) is 13.7. The van der Waals surface area contributed by atoms with Gasteiger partial charge in [0.05, 0.1) is 16.7 Å². The van der Waals surface area contributed by atoms with Crippen LogP contribution in [-0.2, 0) is 0 Å². The van der Waals surface area contributed by atoms with E-state index in [2.05, 4.69) is 36.5 Å². The lowest BCUT2D eigenvalue weighted by Crippen LogP contribution is -2.22. The second-order valence-electron chi connectivity index (χ2n) is 5.35. The fourth-order valence-electron chi connectivity index (χ4n) is 2.34. The van der Waals surface area contributed by atoms with E-state index in [-0.39, 0.29) is 0 Å². The fourth-order valence-corrected chi connectivity index (χ4v) is 3.01. The van der Waals surface area contributed by atoms with E-state index in [1.807, 2.05) is 0 Å². The van der Waals surface area contributed by atoms with Crippen molar-refractivity contribution in [1.82, 2.24) is 10.3 Å². The summed E-state index contributed by atoms with van der Waals surface area (Å²) in [7, 11) is 0. The summed E-state index contributed by atoms with van der Waals surface area (Å²) in [6, 6.07) is 0.469. The van der Waals surface area contributed by atoms with Crippen molar-refractivity contribution in [2.75, 3.05) is 6.54 Å². The topological polar surface area (TPSA) is 24.9 Å². The van der Waals surface area contributed by atoms with Gasteiger partial charge in [-0.25, -0.2) is 4.98 Å². The summed E-state index contributed by atoms with van der Waals surface area (Å²) in [6.45, 7) is 7.68. The fraction of sp³-hybridized carbons (Fsp3) is 0.812. The van der Waals surface area contributed by atoms with Gasteiger partial charge in [0.15, 0.2) is 0 Å². The summed E-state index contributed by atoms with van der Waals surface area (Å²) in [4.78, 5) is 4.65. The lowest BCUT2D eigenvalue weighted by Gasteiger charge is -2.16. The number of aryl methyl sites for hydroxylation is 1. The molecule has 1 N–H and O–H groups in total. The van der Waals surface area contributed by atoms with Gasteiger partial charge in [0.25, 0.3) is 0 Å². The van der Waals surface area contributed by atoms with Crippen LogP contribution in [0.5, 0.6) is 0 Å². The van der Waals surface area contributed by atoms with Gasteiger partial charge >= 0.3 is 0 Å². The molecule has 0 bridgehead atoms. The SMILES string of the molecule is CCCCCCCCC(NCCC)c1csc(C)n1. The standard InChI is InChI=1S/C16H30N2S/c1-4-6-7-8-9-10-11-15(17-12-5-2)16-13-19-14(3)18-16/h13,15,17H,4-12H2,1-3H3. The Labute approximate surface area is 123 Å². The Morgan fingerprint density at radius 3 is 2.47 bits per heavy atom. The van der Waals surface area contributed by atoms with Crippen molar-refractivity contribution in [2.24, 2.45) is 0 Å². The van der Waals surface area contributed by atoms with Crippen molar-refractivity contribution in [3.05, 3.63) is 16.1 Å². The Balaban J connectivity index is 2.29. The molecule has 3 heteroatoms. The third-order valence-corrected chi connectivity index (χ3v) is 4.27. The molecular weight excluding hydrogens is 252 g/mol. The molecule has 0 aromatic carbocycles. The molecule has 19 heavy (non-hydrogen) atoms. The van der Waals surface area contributed by atoms with Crippen LogP contribution in [0.15, 0.2) is 5.38 Å². The molecule has 1 rings (SSSR count). The molecule has 0 aliphatic heterocycles. The Morgan fingerprint density at radius 2 is 1.84 bits per heavy atom. The summed E-state index contributed by atoms with van der Waals surface area (Å²) >= 11 is 1.77. The number of unbranched alkanes of at least 4 members (excludes halogenated alkanes) is 5. The van der Waals surface area contributed by atoms with Crippen LogP contribution in [0.1, 0.15) is 82.0 Å². The number of rotatable bonds is 11. The third kappa shape index (κ3) is 7.07. The van der Waals surface area contributed by atoms with Gasteiger partial charge in [0.2, 0.25) is 0 Å². The summed E-state index contributed by atoms with van der Waals surface area (Å²) < 4.78 is 0. The van der Waals surface area contributed by atoms with E-state index in [0.29, 0.717) is 6.04 Å². The predicted molar refractivity (Wildman–Crippen MR) is 85.9 cm³/mol. The van der Waals surface area contributed by atoms with Crippen LogP contribution in [0.2, 0.25) is 0 Å². The minimum Gasteiger partial charge on any atom is -0.309 e. The number of hydrogen-bond acceptors (Lipinski definition) is 3. The van der Waals surface area contributed by atoms with Gasteiger partial charge in [-0.2, -0.15) is 0 Å². The lowest BCUT2D eigenvalue weighted by molar-refractivity contribution is 0.459. The van der Waals surface area contributed by atoms with Gasteiger partial charge in [0, 0.05) is 5.38 Å². The largest absolute Gasteiger partial charge is 0.309 e. The van der Waals surface area contributed by atoms with Crippen LogP contribution < -0.4 is 5.32 Å². The van der Waals surface area contributed by atoms with Gasteiger partial charge < -0.3 is 5.32 Å². The number of hydrogen-bond donors (Lipinski definition) is 1. The van der Waals surface area contributed by atoms with Gasteiger partial charge in [-0.15, -0.1) is 11.3 Å². The average molecular weight is 282 g/mol. The summed E-state index contributed by atoms with van der Waals surface area (Å²) in [5.74, 6) is 0. The van der Waals surface area contributed by atoms with Crippen LogP contribution >= 0.6 is 11.3 Å². The summed E-state index contributed by atoms with van der Waals surface area (Å²) in [6.07, 6.45) is 10.6. The minimum atomic E-state index is 0.469. The second-order valence-corrected chi connectivity index (χ2v) is 6.42. The zero-order chi connectivity index (χ0) is 13.9. The maximum absolute atomic E-state index is 4.65. The molecule has 0 fully saturated rings. The highest BCUT2D eigenvalue weighted by atomic mass is 32.1. The summed E-state index contributed by atoms with van der Waals surface area (Å²) in [5.41, 5.74) is 1.25. The lowest BCUT2D eigenvalue weighted by atomic mass is 10.0. The molecule has 0 aliphatic carbocycles. The molecule has 0 saturated carbocycles. The molecule has 1 aromatic heterocycles. The Bertz CT molecular complexity index is 322. The average Bonchev–Trinajstić information content (AvgIpc) is 2.83. The molecule has 0 radical (unpaired) electrons. The highest BCUT2D eigenvalue weighted by Crippen LogP contribution is 2.22. The number of nitrogens with zero attached hydrogens (tertiary/aromatic N) is 1. The number of nitrogens with one attached hydrogen (secondary N) is 1. The second kappa shape index (κ2) is 10.4. The first-order valence-corrected chi connectivity index (χ1v) is 8.81. The van der Waals surface area contributed by atoms with Gasteiger partial charge in [0.1, 0.15) is 0 Å². The molecule has 1 unspecified atom stereocenters. The molecule has 2 nitrogen and oxygen atoms in total. The first-order chi connectivity index (χ1) is 9.27. The Morgan fingerprint density at radius 1 is 1.11 bits per heavy atom. The van der Waals surface area contributed by atoms with E-state index in [9.17, 15) is 0 Å². The quantitative estimate of drug-likeness (QED) is 0.561. The van der Waals surface area contributed by atoms with Crippen molar-refractivity contribution < 1.29 is 0 Å². The number of thiazole rings is 1. The first kappa shape index (κ1) is 16.6. The Kier molecular flexibility index (Phi) is 9.10. The van der Waals surface area contributed by atoms with E-state index in [1.165, 1.54) is 62.1 Å². The molecule has 0 spiro atoms. The number of aromatic nitrogens is 1. The summed E-state index contributed by atoms with van der Waals surface area (Å²) in [5, 5.41) is 7.05. The van der Waals surface area contributed by atoms with E-state index in [4.69, 9.17) is 0 Å². The van der Waals surface area contributed by atoms with Crippen molar-refractivity contribution in [3.63, 3.8) is 0 Å². The zero-order valence-electron chi connectivity index (χ0n) is 12.9. The van der Waals surface area contributed by atoms with E-state index in [0.717, 1.165) is 6.54 Å². The van der Waals surface area contributed by atoms with E-state index < -0.39 is 0 Å². The van der Waals surface area contributed by atoms with Crippen molar-refractivity contribution in [2.45, 2.75) is 78.2 Å². The van der Waals surface area contributed by atoms with Gasteiger partial charge in [-0.05, 0) is 26.3 Å². The maximum Gasteiger partial charge on any atom is 0.0898 e. The first-order valence-electron chi connectivity index (χ1n) is 7.93. The van der Waals surface area contributed by atoms with E-state index >= 15 is 0 Å². The van der Waals surface area contributed by atoms with Crippen LogP contribution in [0.25, 0.3) is 0 Å². The Hall–Kier alpha value is -0.410. The molecule has 1 atom stereocenters. The predicted octanol–water partition coefficient (Wildman–Crippen LogP) is 5.24.